The second-order valence-corrected chi connectivity index (χ2v) is 9.82. The molecule has 0 aliphatic carbocycles. The summed E-state index contributed by atoms with van der Waals surface area (Å²) >= 11 is 0. The molecule has 0 N–H and O–H groups in total. The summed E-state index contributed by atoms with van der Waals surface area (Å²) in [7, 11) is 0. The lowest BCUT2D eigenvalue weighted by Gasteiger charge is -2.20. The van der Waals surface area contributed by atoms with Crippen LogP contribution in [0.1, 0.15) is 54.6 Å². The fourth-order valence-electron chi connectivity index (χ4n) is 5.24. The van der Waals surface area contributed by atoms with Gasteiger partial charge in [-0.15, -0.1) is 0 Å². The Bertz CT molecular complexity index is 1370. The van der Waals surface area contributed by atoms with Crippen molar-refractivity contribution in [2.45, 2.75) is 58.9 Å². The highest BCUT2D eigenvalue weighted by Gasteiger charge is 2.35. The third-order valence-electron chi connectivity index (χ3n) is 7.21. The second kappa shape index (κ2) is 10.6. The number of carbonyl (C=O) groups is 1. The van der Waals surface area contributed by atoms with Crippen LogP contribution in [0.25, 0.3) is 11.0 Å². The van der Waals surface area contributed by atoms with Crippen molar-refractivity contribution in [1.82, 2.24) is 9.55 Å². The van der Waals surface area contributed by atoms with Crippen LogP contribution in [0.15, 0.2) is 66.7 Å². The molecule has 0 saturated carbocycles. The van der Waals surface area contributed by atoms with Crippen LogP contribution in [0.2, 0.25) is 0 Å². The molecule has 186 valence electrons. The van der Waals surface area contributed by atoms with Crippen LogP contribution in [0.5, 0.6) is 5.75 Å². The smallest absolute Gasteiger partial charge is 0.227 e. The van der Waals surface area contributed by atoms with Crippen LogP contribution < -0.4 is 9.64 Å². The van der Waals surface area contributed by atoms with Crippen LogP contribution in [-0.4, -0.2) is 28.6 Å². The molecule has 4 aromatic rings. The van der Waals surface area contributed by atoms with E-state index < -0.39 is 0 Å². The van der Waals surface area contributed by atoms with Crippen LogP contribution in [0.4, 0.5) is 5.69 Å². The first-order chi connectivity index (χ1) is 17.5. The van der Waals surface area contributed by atoms with E-state index >= 15 is 0 Å². The SMILES string of the molecule is CCc1ccccc1N1CC(c2nc3ccccc3n2CCCCOc2cc(C)ccc2C)CC1=O. The number of fused-ring (bicyclic) bond motifs is 1. The van der Waals surface area contributed by atoms with Gasteiger partial charge in [0, 0.05) is 31.1 Å². The van der Waals surface area contributed by atoms with E-state index in [1.54, 1.807) is 0 Å². The molecular formula is C31H35N3O2. The molecular weight excluding hydrogens is 446 g/mol. The van der Waals surface area contributed by atoms with Crippen molar-refractivity contribution >= 4 is 22.6 Å². The predicted octanol–water partition coefficient (Wildman–Crippen LogP) is 6.60. The monoisotopic (exact) mass is 481 g/mol. The van der Waals surface area contributed by atoms with Gasteiger partial charge in [0.25, 0.3) is 0 Å². The van der Waals surface area contributed by atoms with E-state index in [-0.39, 0.29) is 11.8 Å². The number of ether oxygens (including phenoxy) is 1. The lowest BCUT2D eigenvalue weighted by atomic mass is 10.1. The molecule has 0 radical (unpaired) electrons. The zero-order valence-corrected chi connectivity index (χ0v) is 21.5. The summed E-state index contributed by atoms with van der Waals surface area (Å²) in [6.45, 7) is 8.55. The van der Waals surface area contributed by atoms with Crippen molar-refractivity contribution in [3.8, 4) is 5.75 Å². The Kier molecular flexibility index (Phi) is 7.08. The number of amides is 1. The number of hydrogen-bond donors (Lipinski definition) is 0. The highest BCUT2D eigenvalue weighted by atomic mass is 16.5. The average Bonchev–Trinajstić information content (AvgIpc) is 3.46. The highest BCUT2D eigenvalue weighted by molar-refractivity contribution is 5.97. The number of aromatic nitrogens is 2. The number of benzene rings is 3. The van der Waals surface area contributed by atoms with Crippen molar-refractivity contribution in [2.24, 2.45) is 0 Å². The molecule has 5 nitrogen and oxygen atoms in total. The van der Waals surface area contributed by atoms with Gasteiger partial charge in [-0.25, -0.2) is 4.98 Å². The topological polar surface area (TPSA) is 47.4 Å². The van der Waals surface area contributed by atoms with E-state index in [2.05, 4.69) is 73.9 Å². The van der Waals surface area contributed by atoms with Crippen LogP contribution >= 0.6 is 0 Å². The number of anilines is 1. The predicted molar refractivity (Wildman–Crippen MR) is 146 cm³/mol. The third kappa shape index (κ3) is 4.88. The Labute approximate surface area is 213 Å². The van der Waals surface area contributed by atoms with Gasteiger partial charge in [-0.2, -0.15) is 0 Å². The van der Waals surface area contributed by atoms with E-state index in [9.17, 15) is 4.79 Å². The lowest BCUT2D eigenvalue weighted by Crippen LogP contribution is -2.25. The molecule has 1 saturated heterocycles. The van der Waals surface area contributed by atoms with Crippen molar-refractivity contribution in [3.05, 3.63) is 89.2 Å². The molecule has 5 rings (SSSR count). The highest BCUT2D eigenvalue weighted by Crippen LogP contribution is 2.35. The molecule has 1 atom stereocenters. The molecule has 3 aromatic carbocycles. The van der Waals surface area contributed by atoms with E-state index in [4.69, 9.17) is 9.72 Å². The van der Waals surface area contributed by atoms with Gasteiger partial charge in [0.15, 0.2) is 0 Å². The fraction of sp³-hybridized carbons (Fsp3) is 0.355. The minimum Gasteiger partial charge on any atom is -0.493 e. The maximum atomic E-state index is 13.1. The van der Waals surface area contributed by atoms with Crippen LogP contribution in [-0.2, 0) is 17.8 Å². The quantitative estimate of drug-likeness (QED) is 0.253. The summed E-state index contributed by atoms with van der Waals surface area (Å²) in [5.41, 5.74) is 6.78. The summed E-state index contributed by atoms with van der Waals surface area (Å²) < 4.78 is 8.41. The number of aryl methyl sites for hydroxylation is 4. The summed E-state index contributed by atoms with van der Waals surface area (Å²) in [5, 5.41) is 0. The first-order valence-electron chi connectivity index (χ1n) is 13.1. The lowest BCUT2D eigenvalue weighted by molar-refractivity contribution is -0.117. The molecule has 1 aliphatic rings. The van der Waals surface area contributed by atoms with Gasteiger partial charge in [-0.1, -0.05) is 49.4 Å². The molecule has 1 unspecified atom stereocenters. The number of para-hydroxylation sites is 3. The molecule has 2 heterocycles. The summed E-state index contributed by atoms with van der Waals surface area (Å²) in [6.07, 6.45) is 3.35. The summed E-state index contributed by atoms with van der Waals surface area (Å²) in [4.78, 5) is 20.1. The number of carbonyl (C=O) groups excluding carboxylic acids is 1. The number of rotatable bonds is 9. The third-order valence-corrected chi connectivity index (χ3v) is 7.21. The van der Waals surface area contributed by atoms with E-state index in [1.807, 2.05) is 23.1 Å². The van der Waals surface area contributed by atoms with Gasteiger partial charge in [0.1, 0.15) is 11.6 Å². The Morgan fingerprint density at radius 2 is 1.81 bits per heavy atom. The van der Waals surface area contributed by atoms with Gasteiger partial charge in [-0.3, -0.25) is 4.79 Å². The van der Waals surface area contributed by atoms with Crippen molar-refractivity contribution in [2.75, 3.05) is 18.1 Å². The standard InChI is InChI=1S/C31H35N3O2/c1-4-24-11-5-7-13-27(24)34-21-25(20-30(34)35)31-32-26-12-6-8-14-28(26)33(31)17-9-10-18-36-29-19-22(2)15-16-23(29)3/h5-8,11-16,19,25H,4,9-10,17-18,20-21H2,1-3H3. The van der Waals surface area contributed by atoms with Crippen molar-refractivity contribution in [3.63, 3.8) is 0 Å². The van der Waals surface area contributed by atoms with E-state index in [0.29, 0.717) is 19.6 Å². The second-order valence-electron chi connectivity index (χ2n) is 9.82. The molecule has 1 amide bonds. The Balaban J connectivity index is 1.31. The molecule has 1 aromatic heterocycles. The largest absolute Gasteiger partial charge is 0.493 e. The van der Waals surface area contributed by atoms with E-state index in [0.717, 1.165) is 54.1 Å². The Morgan fingerprint density at radius 3 is 2.67 bits per heavy atom. The minimum absolute atomic E-state index is 0.0843. The van der Waals surface area contributed by atoms with Gasteiger partial charge in [0.2, 0.25) is 5.91 Å². The zero-order valence-electron chi connectivity index (χ0n) is 21.5. The Hall–Kier alpha value is -3.60. The fourth-order valence-corrected chi connectivity index (χ4v) is 5.24. The normalized spacial score (nSPS) is 15.7. The average molecular weight is 482 g/mol. The molecule has 5 heteroatoms. The van der Waals surface area contributed by atoms with Gasteiger partial charge >= 0.3 is 0 Å². The zero-order chi connectivity index (χ0) is 25.1. The van der Waals surface area contributed by atoms with Crippen molar-refractivity contribution < 1.29 is 9.53 Å². The number of unbranched alkanes of at least 4 members (excludes halogenated alkanes) is 1. The molecule has 1 aliphatic heterocycles. The maximum Gasteiger partial charge on any atom is 0.227 e. The summed E-state index contributed by atoms with van der Waals surface area (Å²) in [5.74, 6) is 2.26. The Morgan fingerprint density at radius 1 is 1.00 bits per heavy atom. The summed E-state index contributed by atoms with van der Waals surface area (Å²) in [6, 6.07) is 22.9. The number of imidazole rings is 1. The molecule has 1 fully saturated rings. The first kappa shape index (κ1) is 24.1. The van der Waals surface area contributed by atoms with Crippen LogP contribution in [0.3, 0.4) is 0 Å². The number of nitrogens with zero attached hydrogens (tertiary/aromatic N) is 3. The first-order valence-corrected chi connectivity index (χ1v) is 13.1. The number of hydrogen-bond acceptors (Lipinski definition) is 3. The van der Waals surface area contributed by atoms with Gasteiger partial charge in [-0.05, 0) is 74.1 Å². The molecule has 36 heavy (non-hydrogen) atoms. The van der Waals surface area contributed by atoms with Crippen LogP contribution in [0, 0.1) is 13.8 Å². The van der Waals surface area contributed by atoms with Gasteiger partial charge < -0.3 is 14.2 Å². The van der Waals surface area contributed by atoms with E-state index in [1.165, 1.54) is 16.7 Å². The minimum atomic E-state index is 0.0843. The van der Waals surface area contributed by atoms with Gasteiger partial charge in [0.05, 0.1) is 17.6 Å². The van der Waals surface area contributed by atoms with Crippen molar-refractivity contribution in [1.29, 1.82) is 0 Å². The maximum absolute atomic E-state index is 13.1. The molecule has 0 spiro atoms. The molecule has 0 bridgehead atoms.